The molecular formula is C12H17ClINO. The first-order chi connectivity index (χ1) is 7.74. The Kier molecular flexibility index (Phi) is 7.16. The standard InChI is InChI=1S/C12H17ClINO/c13-11-9-10(14)5-6-12(11)15-7-3-1-2-4-8-16/h5-6,9,15-16H,1-4,7-8H2. The van der Waals surface area contributed by atoms with E-state index < -0.39 is 0 Å². The molecule has 90 valence electrons. The molecular weight excluding hydrogens is 336 g/mol. The third-order valence-electron chi connectivity index (χ3n) is 2.33. The molecule has 0 fully saturated rings. The molecule has 2 nitrogen and oxygen atoms in total. The van der Waals surface area contributed by atoms with Crippen molar-refractivity contribution in [2.75, 3.05) is 18.5 Å². The number of aliphatic hydroxyl groups is 1. The Hall–Kier alpha value is -0.0000000000000000555. The van der Waals surface area contributed by atoms with E-state index in [1.165, 1.54) is 0 Å². The van der Waals surface area contributed by atoms with Crippen LogP contribution in [0.1, 0.15) is 25.7 Å². The fraction of sp³-hybridized carbons (Fsp3) is 0.500. The van der Waals surface area contributed by atoms with Crippen LogP contribution in [0.15, 0.2) is 18.2 Å². The summed E-state index contributed by atoms with van der Waals surface area (Å²) in [4.78, 5) is 0. The van der Waals surface area contributed by atoms with Gasteiger partial charge < -0.3 is 10.4 Å². The van der Waals surface area contributed by atoms with Crippen LogP contribution in [0.25, 0.3) is 0 Å². The predicted molar refractivity (Wildman–Crippen MR) is 78.2 cm³/mol. The van der Waals surface area contributed by atoms with Gasteiger partial charge in [0.15, 0.2) is 0 Å². The molecule has 1 rings (SSSR count). The third kappa shape index (κ3) is 5.37. The number of hydrogen-bond acceptors (Lipinski definition) is 2. The van der Waals surface area contributed by atoms with E-state index in [1.807, 2.05) is 18.2 Å². The first-order valence-corrected chi connectivity index (χ1v) is 6.99. The highest BCUT2D eigenvalue weighted by molar-refractivity contribution is 14.1. The minimum absolute atomic E-state index is 0.302. The van der Waals surface area contributed by atoms with Crippen molar-refractivity contribution < 1.29 is 5.11 Å². The van der Waals surface area contributed by atoms with Crippen molar-refractivity contribution in [1.82, 2.24) is 0 Å². The summed E-state index contributed by atoms with van der Waals surface area (Å²) in [5.74, 6) is 0. The minimum Gasteiger partial charge on any atom is -0.396 e. The zero-order chi connectivity index (χ0) is 11.8. The Morgan fingerprint density at radius 1 is 1.19 bits per heavy atom. The molecule has 0 unspecified atom stereocenters. The first kappa shape index (κ1) is 14.1. The monoisotopic (exact) mass is 353 g/mol. The van der Waals surface area contributed by atoms with Gasteiger partial charge in [0.05, 0.1) is 10.7 Å². The van der Waals surface area contributed by atoms with E-state index in [9.17, 15) is 0 Å². The summed E-state index contributed by atoms with van der Waals surface area (Å²) in [5.41, 5.74) is 1.00. The van der Waals surface area contributed by atoms with E-state index >= 15 is 0 Å². The van der Waals surface area contributed by atoms with E-state index in [1.54, 1.807) is 0 Å². The molecule has 4 heteroatoms. The topological polar surface area (TPSA) is 32.3 Å². The first-order valence-electron chi connectivity index (χ1n) is 5.54. The molecule has 0 bridgehead atoms. The summed E-state index contributed by atoms with van der Waals surface area (Å²) in [5, 5.41) is 12.7. The second-order valence-corrected chi connectivity index (χ2v) is 5.34. The van der Waals surface area contributed by atoms with E-state index in [0.29, 0.717) is 6.61 Å². The Bertz CT molecular complexity index is 320. The summed E-state index contributed by atoms with van der Waals surface area (Å²) in [6.07, 6.45) is 4.26. The molecule has 0 saturated heterocycles. The van der Waals surface area contributed by atoms with Gasteiger partial charge in [-0.1, -0.05) is 24.4 Å². The van der Waals surface area contributed by atoms with Crippen molar-refractivity contribution in [3.63, 3.8) is 0 Å². The van der Waals surface area contributed by atoms with Gasteiger partial charge in [0, 0.05) is 16.7 Å². The lowest BCUT2D eigenvalue weighted by Crippen LogP contribution is -2.02. The molecule has 0 aliphatic rings. The van der Waals surface area contributed by atoms with Crippen LogP contribution >= 0.6 is 34.2 Å². The largest absolute Gasteiger partial charge is 0.396 e. The molecule has 0 radical (unpaired) electrons. The summed E-state index contributed by atoms with van der Waals surface area (Å²) in [7, 11) is 0. The number of anilines is 1. The summed E-state index contributed by atoms with van der Waals surface area (Å²) in [6, 6.07) is 6.01. The molecule has 0 saturated carbocycles. The summed E-state index contributed by atoms with van der Waals surface area (Å²) >= 11 is 8.34. The van der Waals surface area contributed by atoms with Crippen LogP contribution in [-0.2, 0) is 0 Å². The van der Waals surface area contributed by atoms with E-state index in [2.05, 4.69) is 27.9 Å². The van der Waals surface area contributed by atoms with Gasteiger partial charge in [0.1, 0.15) is 0 Å². The molecule has 0 spiro atoms. The predicted octanol–water partition coefficient (Wildman–Crippen LogP) is 3.91. The van der Waals surface area contributed by atoms with E-state index in [4.69, 9.17) is 16.7 Å². The lowest BCUT2D eigenvalue weighted by atomic mass is 10.2. The molecule has 0 amide bonds. The van der Waals surface area contributed by atoms with Crippen LogP contribution in [0.2, 0.25) is 5.02 Å². The molecule has 2 N–H and O–H groups in total. The van der Waals surface area contributed by atoms with Crippen molar-refractivity contribution >= 4 is 39.9 Å². The van der Waals surface area contributed by atoms with Crippen LogP contribution in [0.5, 0.6) is 0 Å². The van der Waals surface area contributed by atoms with E-state index in [-0.39, 0.29) is 0 Å². The summed E-state index contributed by atoms with van der Waals surface area (Å²) < 4.78 is 1.15. The molecule has 0 aromatic heterocycles. The fourth-order valence-electron chi connectivity index (χ4n) is 1.45. The van der Waals surface area contributed by atoms with Crippen molar-refractivity contribution in [3.8, 4) is 0 Å². The number of nitrogens with one attached hydrogen (secondary N) is 1. The second-order valence-electron chi connectivity index (χ2n) is 3.69. The van der Waals surface area contributed by atoms with Crippen molar-refractivity contribution in [3.05, 3.63) is 26.8 Å². The van der Waals surface area contributed by atoms with E-state index in [0.717, 1.165) is 46.5 Å². The number of rotatable bonds is 7. The van der Waals surface area contributed by atoms with Crippen molar-refractivity contribution in [2.45, 2.75) is 25.7 Å². The number of unbranched alkanes of at least 4 members (excludes halogenated alkanes) is 3. The highest BCUT2D eigenvalue weighted by Gasteiger charge is 1.99. The van der Waals surface area contributed by atoms with Gasteiger partial charge in [0.25, 0.3) is 0 Å². The number of benzene rings is 1. The lowest BCUT2D eigenvalue weighted by molar-refractivity contribution is 0.283. The Morgan fingerprint density at radius 3 is 2.62 bits per heavy atom. The maximum Gasteiger partial charge on any atom is 0.0648 e. The highest BCUT2D eigenvalue weighted by Crippen LogP contribution is 2.23. The van der Waals surface area contributed by atoms with Crippen LogP contribution < -0.4 is 5.32 Å². The summed E-state index contributed by atoms with van der Waals surface area (Å²) in [6.45, 7) is 1.24. The van der Waals surface area contributed by atoms with Gasteiger partial charge >= 0.3 is 0 Å². The zero-order valence-corrected chi connectivity index (χ0v) is 12.1. The average Bonchev–Trinajstić information content (AvgIpc) is 2.26. The molecule has 0 aliphatic carbocycles. The van der Waals surface area contributed by atoms with Crippen LogP contribution in [-0.4, -0.2) is 18.3 Å². The van der Waals surface area contributed by atoms with Gasteiger partial charge in [-0.15, -0.1) is 0 Å². The number of hydrogen-bond donors (Lipinski definition) is 2. The number of aliphatic hydroxyl groups excluding tert-OH is 1. The van der Waals surface area contributed by atoms with Gasteiger partial charge in [-0.2, -0.15) is 0 Å². The Labute approximate surface area is 116 Å². The average molecular weight is 354 g/mol. The molecule has 16 heavy (non-hydrogen) atoms. The molecule has 0 atom stereocenters. The van der Waals surface area contributed by atoms with Gasteiger partial charge in [-0.05, 0) is 53.6 Å². The van der Waals surface area contributed by atoms with Crippen LogP contribution in [0, 0.1) is 3.57 Å². The van der Waals surface area contributed by atoms with Crippen molar-refractivity contribution in [1.29, 1.82) is 0 Å². The SMILES string of the molecule is OCCCCCCNc1ccc(I)cc1Cl. The number of halogens is 2. The Morgan fingerprint density at radius 2 is 1.94 bits per heavy atom. The molecule has 1 aromatic carbocycles. The lowest BCUT2D eigenvalue weighted by Gasteiger charge is -2.08. The maximum atomic E-state index is 8.63. The van der Waals surface area contributed by atoms with Crippen molar-refractivity contribution in [2.24, 2.45) is 0 Å². The quantitative estimate of drug-likeness (QED) is 0.575. The normalized spacial score (nSPS) is 10.4. The zero-order valence-electron chi connectivity index (χ0n) is 9.18. The molecule has 0 heterocycles. The molecule has 1 aromatic rings. The Balaban J connectivity index is 2.21. The maximum absolute atomic E-state index is 8.63. The third-order valence-corrected chi connectivity index (χ3v) is 3.32. The van der Waals surface area contributed by atoms with Gasteiger partial charge in [0.2, 0.25) is 0 Å². The molecule has 0 aliphatic heterocycles. The smallest absolute Gasteiger partial charge is 0.0648 e. The second kappa shape index (κ2) is 8.14. The fourth-order valence-corrected chi connectivity index (χ4v) is 2.37. The van der Waals surface area contributed by atoms with Crippen LogP contribution in [0.4, 0.5) is 5.69 Å². The highest BCUT2D eigenvalue weighted by atomic mass is 127. The van der Waals surface area contributed by atoms with Gasteiger partial charge in [-0.25, -0.2) is 0 Å². The minimum atomic E-state index is 0.302. The van der Waals surface area contributed by atoms with Crippen LogP contribution in [0.3, 0.4) is 0 Å². The van der Waals surface area contributed by atoms with Gasteiger partial charge in [-0.3, -0.25) is 0 Å².